The summed E-state index contributed by atoms with van der Waals surface area (Å²) in [6.45, 7) is 6.90. The number of benzene rings is 1. The van der Waals surface area contributed by atoms with Crippen LogP contribution in [0.5, 0.6) is 11.5 Å². The molecule has 118 valence electrons. The van der Waals surface area contributed by atoms with Crippen molar-refractivity contribution in [2.75, 3.05) is 19.8 Å². The number of hydrogen-bond donors (Lipinski definition) is 0. The van der Waals surface area contributed by atoms with Gasteiger partial charge in [-0.25, -0.2) is 4.79 Å². The molecule has 6 heteroatoms. The number of esters is 1. The van der Waals surface area contributed by atoms with E-state index in [4.69, 9.17) is 18.7 Å². The van der Waals surface area contributed by atoms with Crippen LogP contribution >= 0.6 is 0 Å². The molecule has 0 aliphatic carbocycles. The van der Waals surface area contributed by atoms with Crippen LogP contribution in [-0.4, -0.2) is 30.9 Å². The SMILES string of the molecule is CCOC(=O)c1cc(-c2ccc(OCC)cc2OCC)on1. The molecule has 0 spiro atoms. The molecule has 0 unspecified atom stereocenters. The van der Waals surface area contributed by atoms with Gasteiger partial charge in [0.15, 0.2) is 11.5 Å². The number of rotatable bonds is 7. The largest absolute Gasteiger partial charge is 0.494 e. The predicted octanol–water partition coefficient (Wildman–Crippen LogP) is 3.32. The van der Waals surface area contributed by atoms with E-state index in [2.05, 4.69) is 5.16 Å². The van der Waals surface area contributed by atoms with Gasteiger partial charge in [0.2, 0.25) is 0 Å². The average molecular weight is 305 g/mol. The molecule has 2 aromatic rings. The molecule has 0 aliphatic rings. The fourth-order valence-electron chi connectivity index (χ4n) is 1.94. The minimum Gasteiger partial charge on any atom is -0.494 e. The third-order valence-electron chi connectivity index (χ3n) is 2.82. The summed E-state index contributed by atoms with van der Waals surface area (Å²) in [5.41, 5.74) is 0.835. The summed E-state index contributed by atoms with van der Waals surface area (Å²) in [6.07, 6.45) is 0. The highest BCUT2D eigenvalue weighted by molar-refractivity contribution is 5.88. The molecule has 0 saturated carbocycles. The van der Waals surface area contributed by atoms with Crippen molar-refractivity contribution in [1.29, 1.82) is 0 Å². The zero-order valence-corrected chi connectivity index (χ0v) is 12.9. The van der Waals surface area contributed by atoms with Gasteiger partial charge in [-0.15, -0.1) is 0 Å². The van der Waals surface area contributed by atoms with Crippen LogP contribution in [-0.2, 0) is 4.74 Å². The summed E-state index contributed by atoms with van der Waals surface area (Å²) in [5.74, 6) is 1.25. The highest BCUT2D eigenvalue weighted by Crippen LogP contribution is 2.34. The highest BCUT2D eigenvalue weighted by Gasteiger charge is 2.17. The monoisotopic (exact) mass is 305 g/mol. The molecule has 2 rings (SSSR count). The lowest BCUT2D eigenvalue weighted by Crippen LogP contribution is -2.04. The number of hydrogen-bond acceptors (Lipinski definition) is 6. The van der Waals surface area contributed by atoms with Gasteiger partial charge in [0.25, 0.3) is 0 Å². The number of nitrogens with zero attached hydrogens (tertiary/aromatic N) is 1. The molecule has 0 saturated heterocycles. The number of carbonyl (C=O) groups is 1. The molecule has 0 aliphatic heterocycles. The van der Waals surface area contributed by atoms with Crippen molar-refractivity contribution in [3.63, 3.8) is 0 Å². The lowest BCUT2D eigenvalue weighted by atomic mass is 10.1. The number of carbonyl (C=O) groups excluding carboxylic acids is 1. The van der Waals surface area contributed by atoms with Crippen LogP contribution in [0.4, 0.5) is 0 Å². The van der Waals surface area contributed by atoms with Crippen molar-refractivity contribution < 1.29 is 23.5 Å². The van der Waals surface area contributed by atoms with Crippen molar-refractivity contribution in [3.05, 3.63) is 30.0 Å². The van der Waals surface area contributed by atoms with Crippen LogP contribution in [0.25, 0.3) is 11.3 Å². The van der Waals surface area contributed by atoms with Gasteiger partial charge >= 0.3 is 5.97 Å². The predicted molar refractivity (Wildman–Crippen MR) is 80.2 cm³/mol. The second-order valence-corrected chi connectivity index (χ2v) is 4.32. The Morgan fingerprint density at radius 1 is 1.09 bits per heavy atom. The van der Waals surface area contributed by atoms with E-state index in [0.29, 0.717) is 36.0 Å². The van der Waals surface area contributed by atoms with Gasteiger partial charge in [-0.2, -0.15) is 0 Å². The molecule has 0 amide bonds. The van der Waals surface area contributed by atoms with Crippen molar-refractivity contribution >= 4 is 5.97 Å². The summed E-state index contributed by atoms with van der Waals surface area (Å²) in [6, 6.07) is 6.95. The lowest BCUT2D eigenvalue weighted by molar-refractivity contribution is 0.0514. The van der Waals surface area contributed by atoms with E-state index in [1.807, 2.05) is 26.0 Å². The highest BCUT2D eigenvalue weighted by atomic mass is 16.5. The molecule has 1 heterocycles. The molecule has 0 radical (unpaired) electrons. The second kappa shape index (κ2) is 7.49. The zero-order valence-electron chi connectivity index (χ0n) is 12.9. The molecule has 0 bridgehead atoms. The summed E-state index contributed by atoms with van der Waals surface area (Å²) >= 11 is 0. The summed E-state index contributed by atoms with van der Waals surface area (Å²) in [4.78, 5) is 11.6. The molecule has 1 aromatic heterocycles. The lowest BCUT2D eigenvalue weighted by Gasteiger charge is -2.10. The molecular weight excluding hydrogens is 286 g/mol. The minimum atomic E-state index is -0.513. The van der Waals surface area contributed by atoms with Crippen LogP contribution in [0.15, 0.2) is 28.8 Å². The van der Waals surface area contributed by atoms with E-state index in [1.165, 1.54) is 6.07 Å². The zero-order chi connectivity index (χ0) is 15.9. The van der Waals surface area contributed by atoms with Crippen molar-refractivity contribution in [1.82, 2.24) is 5.16 Å². The first-order valence-corrected chi connectivity index (χ1v) is 7.23. The normalized spacial score (nSPS) is 10.3. The van der Waals surface area contributed by atoms with Crippen LogP contribution in [0.3, 0.4) is 0 Å². The molecule has 0 atom stereocenters. The van der Waals surface area contributed by atoms with Crippen LogP contribution in [0.1, 0.15) is 31.3 Å². The van der Waals surface area contributed by atoms with Gasteiger partial charge in [-0.05, 0) is 32.9 Å². The van der Waals surface area contributed by atoms with Gasteiger partial charge in [0, 0.05) is 12.1 Å². The Balaban J connectivity index is 2.32. The smallest absolute Gasteiger partial charge is 0.360 e. The fraction of sp³-hybridized carbons (Fsp3) is 0.375. The van der Waals surface area contributed by atoms with E-state index in [0.717, 1.165) is 0 Å². The fourth-order valence-corrected chi connectivity index (χ4v) is 1.94. The standard InChI is InChI=1S/C16H19NO5/c1-4-19-11-7-8-12(14(9-11)20-5-2)15-10-13(17-22-15)16(18)21-6-3/h7-10H,4-6H2,1-3H3. The Bertz CT molecular complexity index is 635. The second-order valence-electron chi connectivity index (χ2n) is 4.32. The van der Waals surface area contributed by atoms with E-state index in [-0.39, 0.29) is 12.3 Å². The third-order valence-corrected chi connectivity index (χ3v) is 2.82. The first-order valence-electron chi connectivity index (χ1n) is 7.23. The minimum absolute atomic E-state index is 0.133. The first kappa shape index (κ1) is 15.9. The van der Waals surface area contributed by atoms with E-state index < -0.39 is 5.97 Å². The quantitative estimate of drug-likeness (QED) is 0.731. The van der Waals surface area contributed by atoms with Crippen molar-refractivity contribution in [2.24, 2.45) is 0 Å². The summed E-state index contributed by atoms with van der Waals surface area (Å²) in [7, 11) is 0. The Morgan fingerprint density at radius 2 is 1.86 bits per heavy atom. The van der Waals surface area contributed by atoms with E-state index in [1.54, 1.807) is 13.0 Å². The van der Waals surface area contributed by atoms with Crippen molar-refractivity contribution in [3.8, 4) is 22.8 Å². The topological polar surface area (TPSA) is 70.8 Å². The van der Waals surface area contributed by atoms with Crippen molar-refractivity contribution in [2.45, 2.75) is 20.8 Å². The van der Waals surface area contributed by atoms with Crippen LogP contribution in [0.2, 0.25) is 0 Å². The average Bonchev–Trinajstić information content (AvgIpc) is 2.98. The van der Waals surface area contributed by atoms with Crippen LogP contribution < -0.4 is 9.47 Å². The van der Waals surface area contributed by atoms with E-state index >= 15 is 0 Å². The number of ether oxygens (including phenoxy) is 3. The maximum absolute atomic E-state index is 11.6. The summed E-state index contributed by atoms with van der Waals surface area (Å²) < 4.78 is 21.2. The van der Waals surface area contributed by atoms with Gasteiger partial charge < -0.3 is 18.7 Å². The Kier molecular flexibility index (Phi) is 5.41. The molecular formula is C16H19NO5. The van der Waals surface area contributed by atoms with Gasteiger partial charge in [0.05, 0.1) is 25.4 Å². The maximum Gasteiger partial charge on any atom is 0.360 e. The Morgan fingerprint density at radius 3 is 2.55 bits per heavy atom. The Labute approximate surface area is 129 Å². The van der Waals surface area contributed by atoms with Crippen LogP contribution in [0, 0.1) is 0 Å². The molecule has 0 fully saturated rings. The molecule has 0 N–H and O–H groups in total. The first-order chi connectivity index (χ1) is 10.7. The van der Waals surface area contributed by atoms with Gasteiger partial charge in [-0.1, -0.05) is 5.16 Å². The molecule has 1 aromatic carbocycles. The molecule has 22 heavy (non-hydrogen) atoms. The summed E-state index contributed by atoms with van der Waals surface area (Å²) in [5, 5.41) is 3.73. The van der Waals surface area contributed by atoms with Gasteiger partial charge in [-0.3, -0.25) is 0 Å². The van der Waals surface area contributed by atoms with Gasteiger partial charge in [0.1, 0.15) is 11.5 Å². The Hall–Kier alpha value is -2.50. The number of aromatic nitrogens is 1. The van der Waals surface area contributed by atoms with E-state index in [9.17, 15) is 4.79 Å². The maximum atomic E-state index is 11.6. The third kappa shape index (κ3) is 3.58. The molecule has 6 nitrogen and oxygen atoms in total.